The predicted octanol–water partition coefficient (Wildman–Crippen LogP) is 2.87. The van der Waals surface area contributed by atoms with Crippen LogP contribution in [0.25, 0.3) is 6.08 Å². The normalized spacial score (nSPS) is 13.8. The Balaban J connectivity index is 2.49. The summed E-state index contributed by atoms with van der Waals surface area (Å²) in [5.41, 5.74) is 0.453. The molecule has 118 valence electrons. The molecule has 0 bridgehead atoms. The van der Waals surface area contributed by atoms with Crippen molar-refractivity contribution >= 4 is 12.0 Å². The van der Waals surface area contributed by atoms with Crippen molar-refractivity contribution in [2.24, 2.45) is 5.92 Å². The van der Waals surface area contributed by atoms with Crippen molar-refractivity contribution in [1.82, 2.24) is 5.32 Å². The number of nitriles is 1. The van der Waals surface area contributed by atoms with E-state index in [1.807, 2.05) is 6.07 Å². The number of benzene rings is 1. The summed E-state index contributed by atoms with van der Waals surface area (Å²) >= 11 is 0. The van der Waals surface area contributed by atoms with Crippen LogP contribution in [0.4, 0.5) is 0 Å². The Bertz CT molecular complexity index is 569. The summed E-state index contributed by atoms with van der Waals surface area (Å²) in [6, 6.07) is 9.07. The molecule has 0 heterocycles. The molecule has 2 N–H and O–H groups in total. The van der Waals surface area contributed by atoms with Gasteiger partial charge in [0.25, 0.3) is 0 Å². The summed E-state index contributed by atoms with van der Waals surface area (Å²) in [5, 5.41) is 21.7. The number of carbonyl (C=O) groups is 1. The SMILES string of the molecule is CC(C)CCC(C)(O)CNC(=O)C=Cc1cccc(C#N)c1. The third kappa shape index (κ3) is 7.05. The first-order chi connectivity index (χ1) is 10.3. The molecule has 0 radical (unpaired) electrons. The monoisotopic (exact) mass is 300 g/mol. The molecule has 1 unspecified atom stereocenters. The zero-order valence-corrected chi connectivity index (χ0v) is 13.5. The molecule has 0 spiro atoms. The second-order valence-electron chi connectivity index (χ2n) is 6.22. The Hall–Kier alpha value is -2.12. The van der Waals surface area contributed by atoms with Gasteiger partial charge in [-0.25, -0.2) is 0 Å². The number of amides is 1. The fourth-order valence-corrected chi connectivity index (χ4v) is 1.91. The van der Waals surface area contributed by atoms with Gasteiger partial charge >= 0.3 is 0 Å². The second kappa shape index (κ2) is 8.35. The smallest absolute Gasteiger partial charge is 0.244 e. The van der Waals surface area contributed by atoms with Crippen molar-refractivity contribution in [2.45, 2.75) is 39.2 Å². The molecule has 4 nitrogen and oxygen atoms in total. The van der Waals surface area contributed by atoms with Gasteiger partial charge < -0.3 is 10.4 Å². The van der Waals surface area contributed by atoms with Crippen molar-refractivity contribution in [3.8, 4) is 6.07 Å². The molecule has 1 aromatic carbocycles. The lowest BCUT2D eigenvalue weighted by Crippen LogP contribution is -2.40. The van der Waals surface area contributed by atoms with Gasteiger partial charge in [0.05, 0.1) is 17.2 Å². The van der Waals surface area contributed by atoms with E-state index in [1.165, 1.54) is 6.08 Å². The molecule has 0 aliphatic rings. The van der Waals surface area contributed by atoms with Crippen molar-refractivity contribution in [3.63, 3.8) is 0 Å². The lowest BCUT2D eigenvalue weighted by Gasteiger charge is -2.24. The maximum Gasteiger partial charge on any atom is 0.244 e. The lowest BCUT2D eigenvalue weighted by molar-refractivity contribution is -0.117. The summed E-state index contributed by atoms with van der Waals surface area (Å²) in [6.07, 6.45) is 4.63. The Labute approximate surface area is 132 Å². The summed E-state index contributed by atoms with van der Waals surface area (Å²) in [4.78, 5) is 11.8. The summed E-state index contributed by atoms with van der Waals surface area (Å²) in [7, 11) is 0. The van der Waals surface area contributed by atoms with Crippen molar-refractivity contribution < 1.29 is 9.90 Å². The fraction of sp³-hybridized carbons (Fsp3) is 0.444. The van der Waals surface area contributed by atoms with Crippen LogP contribution in [0.5, 0.6) is 0 Å². The highest BCUT2D eigenvalue weighted by molar-refractivity contribution is 5.91. The average Bonchev–Trinajstić information content (AvgIpc) is 2.49. The minimum atomic E-state index is -0.894. The minimum Gasteiger partial charge on any atom is -0.388 e. The second-order valence-corrected chi connectivity index (χ2v) is 6.22. The Morgan fingerprint density at radius 2 is 2.23 bits per heavy atom. The topological polar surface area (TPSA) is 73.1 Å². The molecule has 0 aliphatic carbocycles. The fourth-order valence-electron chi connectivity index (χ4n) is 1.91. The molecular formula is C18H24N2O2. The molecule has 0 saturated carbocycles. The highest BCUT2D eigenvalue weighted by Gasteiger charge is 2.20. The number of carbonyl (C=O) groups excluding carboxylic acids is 1. The van der Waals surface area contributed by atoms with Crippen LogP contribution in [0, 0.1) is 17.2 Å². The van der Waals surface area contributed by atoms with E-state index in [1.54, 1.807) is 31.2 Å². The maximum atomic E-state index is 11.8. The molecule has 22 heavy (non-hydrogen) atoms. The molecule has 0 saturated heterocycles. The van der Waals surface area contributed by atoms with Crippen LogP contribution in [-0.2, 0) is 4.79 Å². The highest BCUT2D eigenvalue weighted by Crippen LogP contribution is 2.15. The van der Waals surface area contributed by atoms with Gasteiger partial charge in [0.15, 0.2) is 0 Å². The van der Waals surface area contributed by atoms with Crippen LogP contribution in [-0.4, -0.2) is 23.2 Å². The predicted molar refractivity (Wildman–Crippen MR) is 87.9 cm³/mol. The van der Waals surface area contributed by atoms with Gasteiger partial charge in [-0.1, -0.05) is 26.0 Å². The standard InChI is InChI=1S/C18H24N2O2/c1-14(2)9-10-18(3,22)13-20-17(21)8-7-15-5-4-6-16(11-15)12-19/h4-8,11,14,22H,9-10,13H2,1-3H3,(H,20,21). The summed E-state index contributed by atoms with van der Waals surface area (Å²) in [5.74, 6) is 0.265. The Morgan fingerprint density at radius 3 is 2.86 bits per heavy atom. The highest BCUT2D eigenvalue weighted by atomic mass is 16.3. The van der Waals surface area contributed by atoms with Crippen molar-refractivity contribution in [3.05, 3.63) is 41.5 Å². The van der Waals surface area contributed by atoms with Gasteiger partial charge in [-0.15, -0.1) is 0 Å². The van der Waals surface area contributed by atoms with Crippen LogP contribution in [0.15, 0.2) is 30.3 Å². The molecule has 1 amide bonds. The third-order valence-electron chi connectivity index (χ3n) is 3.35. The molecule has 0 aromatic heterocycles. The number of hydrogen-bond acceptors (Lipinski definition) is 3. The van der Waals surface area contributed by atoms with E-state index in [0.29, 0.717) is 17.9 Å². The number of nitrogens with zero attached hydrogens (tertiary/aromatic N) is 1. The minimum absolute atomic E-state index is 0.223. The molecular weight excluding hydrogens is 276 g/mol. The van der Waals surface area contributed by atoms with Crippen molar-refractivity contribution in [2.75, 3.05) is 6.54 Å². The van der Waals surface area contributed by atoms with Crippen LogP contribution in [0.3, 0.4) is 0 Å². The maximum absolute atomic E-state index is 11.8. The quantitative estimate of drug-likeness (QED) is 0.760. The van der Waals surface area contributed by atoms with E-state index in [9.17, 15) is 9.90 Å². The van der Waals surface area contributed by atoms with Crippen LogP contribution >= 0.6 is 0 Å². The Kier molecular flexibility index (Phi) is 6.81. The van der Waals surface area contributed by atoms with Gasteiger partial charge in [0.2, 0.25) is 5.91 Å². The van der Waals surface area contributed by atoms with Gasteiger partial charge in [-0.3, -0.25) is 4.79 Å². The number of hydrogen-bond donors (Lipinski definition) is 2. The summed E-state index contributed by atoms with van der Waals surface area (Å²) < 4.78 is 0. The zero-order valence-electron chi connectivity index (χ0n) is 13.5. The lowest BCUT2D eigenvalue weighted by atomic mass is 9.95. The zero-order chi connectivity index (χ0) is 16.6. The largest absolute Gasteiger partial charge is 0.388 e. The molecule has 1 atom stereocenters. The van der Waals surface area contributed by atoms with E-state index in [4.69, 9.17) is 5.26 Å². The molecule has 1 aromatic rings. The van der Waals surface area contributed by atoms with Crippen LogP contribution in [0.2, 0.25) is 0 Å². The summed E-state index contributed by atoms with van der Waals surface area (Å²) in [6.45, 7) is 6.16. The first-order valence-corrected chi connectivity index (χ1v) is 7.51. The first kappa shape index (κ1) is 17.9. The van der Waals surface area contributed by atoms with Gasteiger partial charge in [0, 0.05) is 12.6 Å². The van der Waals surface area contributed by atoms with E-state index >= 15 is 0 Å². The molecule has 1 rings (SSSR count). The number of rotatable bonds is 7. The van der Waals surface area contributed by atoms with Crippen molar-refractivity contribution in [1.29, 1.82) is 5.26 Å². The van der Waals surface area contributed by atoms with Gasteiger partial charge in [0.1, 0.15) is 0 Å². The van der Waals surface area contributed by atoms with Gasteiger partial charge in [-0.2, -0.15) is 5.26 Å². The van der Waals surface area contributed by atoms with E-state index in [-0.39, 0.29) is 12.5 Å². The Morgan fingerprint density at radius 1 is 1.50 bits per heavy atom. The van der Waals surface area contributed by atoms with E-state index in [2.05, 4.69) is 25.2 Å². The van der Waals surface area contributed by atoms with E-state index < -0.39 is 5.60 Å². The first-order valence-electron chi connectivity index (χ1n) is 7.51. The molecule has 0 aliphatic heterocycles. The molecule has 0 fully saturated rings. The average molecular weight is 300 g/mol. The third-order valence-corrected chi connectivity index (χ3v) is 3.35. The number of nitrogens with one attached hydrogen (secondary N) is 1. The van der Waals surface area contributed by atoms with Crippen LogP contribution in [0.1, 0.15) is 44.7 Å². The van der Waals surface area contributed by atoms with Gasteiger partial charge in [-0.05, 0) is 49.5 Å². The number of aliphatic hydroxyl groups is 1. The van der Waals surface area contributed by atoms with Crippen LogP contribution < -0.4 is 5.32 Å². The van der Waals surface area contributed by atoms with E-state index in [0.717, 1.165) is 12.0 Å². The molecule has 4 heteroatoms.